The van der Waals surface area contributed by atoms with Crippen molar-refractivity contribution >= 4 is 23.2 Å². The third-order valence-corrected chi connectivity index (χ3v) is 5.98. The van der Waals surface area contributed by atoms with Crippen LogP contribution in [-0.4, -0.2) is 23.3 Å². The largest absolute Gasteiger partial charge is 0.347 e. The van der Waals surface area contributed by atoms with Gasteiger partial charge in [-0.25, -0.2) is 4.39 Å². The van der Waals surface area contributed by atoms with Crippen LogP contribution in [0.5, 0.6) is 0 Å². The van der Waals surface area contributed by atoms with E-state index in [1.54, 1.807) is 12.1 Å². The lowest BCUT2D eigenvalue weighted by Crippen LogP contribution is -2.35. The first-order valence-corrected chi connectivity index (χ1v) is 9.90. The Kier molecular flexibility index (Phi) is 5.21. The van der Waals surface area contributed by atoms with E-state index >= 15 is 0 Å². The maximum atomic E-state index is 13.3. The number of thiophene rings is 1. The molecule has 2 heterocycles. The van der Waals surface area contributed by atoms with E-state index < -0.39 is 0 Å². The Hall–Kier alpha value is -2.99. The van der Waals surface area contributed by atoms with Crippen molar-refractivity contribution in [2.24, 2.45) is 0 Å². The van der Waals surface area contributed by atoms with Gasteiger partial charge >= 0.3 is 0 Å². The highest BCUT2D eigenvalue weighted by atomic mass is 32.1. The lowest BCUT2D eigenvalue weighted by molar-refractivity contribution is 0.0736. The minimum atomic E-state index is -0.318. The second kappa shape index (κ2) is 7.94. The first kappa shape index (κ1) is 18.4. The molecule has 0 radical (unpaired) electrons. The van der Waals surface area contributed by atoms with Crippen LogP contribution in [0.2, 0.25) is 0 Å². The van der Waals surface area contributed by atoms with E-state index in [0.29, 0.717) is 29.1 Å². The number of hydrogen-bond acceptors (Lipinski definition) is 3. The molecule has 6 heteroatoms. The van der Waals surface area contributed by atoms with Crippen LogP contribution in [-0.2, 0) is 19.5 Å². The molecule has 142 valence electrons. The summed E-state index contributed by atoms with van der Waals surface area (Å²) in [6.45, 7) is 1.43. The summed E-state index contributed by atoms with van der Waals surface area (Å²) >= 11 is 1.47. The zero-order valence-corrected chi connectivity index (χ0v) is 16.0. The Bertz CT molecular complexity index is 1020. The molecular formula is C22H19FN2O2S. The van der Waals surface area contributed by atoms with Gasteiger partial charge in [-0.05, 0) is 47.9 Å². The van der Waals surface area contributed by atoms with Crippen LogP contribution in [0.1, 0.15) is 36.0 Å². The van der Waals surface area contributed by atoms with E-state index in [2.05, 4.69) is 5.32 Å². The number of carbonyl (C=O) groups excluding carboxylic acids is 2. The number of rotatable bonds is 4. The molecule has 0 spiro atoms. The fraction of sp³-hybridized carbons (Fsp3) is 0.182. The summed E-state index contributed by atoms with van der Waals surface area (Å²) in [7, 11) is 0. The van der Waals surface area contributed by atoms with E-state index in [9.17, 15) is 14.0 Å². The van der Waals surface area contributed by atoms with E-state index in [0.717, 1.165) is 16.9 Å². The molecule has 0 unspecified atom stereocenters. The van der Waals surface area contributed by atoms with Crippen molar-refractivity contribution in [1.82, 2.24) is 10.2 Å². The summed E-state index contributed by atoms with van der Waals surface area (Å²) in [6, 6.07) is 17.3. The predicted octanol–water partition coefficient (Wildman–Crippen LogP) is 4.02. The summed E-state index contributed by atoms with van der Waals surface area (Å²) < 4.78 is 13.3. The Morgan fingerprint density at radius 2 is 1.89 bits per heavy atom. The number of halogens is 1. The molecule has 0 saturated carbocycles. The second-order valence-corrected chi connectivity index (χ2v) is 7.85. The number of carbonyl (C=O) groups is 2. The zero-order valence-electron chi connectivity index (χ0n) is 15.2. The van der Waals surface area contributed by atoms with Gasteiger partial charge in [-0.2, -0.15) is 0 Å². The lowest BCUT2D eigenvalue weighted by atomic mass is 10.1. The van der Waals surface area contributed by atoms with Crippen LogP contribution in [0.4, 0.5) is 4.39 Å². The lowest BCUT2D eigenvalue weighted by Gasteiger charge is -2.27. The Labute approximate surface area is 166 Å². The molecule has 1 aliphatic heterocycles. The normalized spacial score (nSPS) is 13.1. The average Bonchev–Trinajstić information content (AvgIpc) is 3.15. The molecule has 28 heavy (non-hydrogen) atoms. The molecule has 4 nitrogen and oxygen atoms in total. The highest BCUT2D eigenvalue weighted by molar-refractivity contribution is 7.14. The van der Waals surface area contributed by atoms with Crippen LogP contribution in [0, 0.1) is 5.82 Å². The van der Waals surface area contributed by atoms with Crippen LogP contribution in [0.15, 0.2) is 60.7 Å². The maximum absolute atomic E-state index is 13.3. The number of benzene rings is 2. The smallest absolute Gasteiger partial charge is 0.261 e. The van der Waals surface area contributed by atoms with Crippen molar-refractivity contribution in [3.8, 4) is 0 Å². The van der Waals surface area contributed by atoms with Gasteiger partial charge in [0.1, 0.15) is 5.82 Å². The van der Waals surface area contributed by atoms with Crippen LogP contribution >= 0.6 is 11.3 Å². The van der Waals surface area contributed by atoms with E-state index in [1.165, 1.54) is 23.5 Å². The second-order valence-electron chi connectivity index (χ2n) is 6.71. The number of amides is 2. The molecule has 4 rings (SSSR count). The predicted molar refractivity (Wildman–Crippen MR) is 107 cm³/mol. The van der Waals surface area contributed by atoms with E-state index in [-0.39, 0.29) is 24.2 Å². The van der Waals surface area contributed by atoms with Gasteiger partial charge in [-0.1, -0.05) is 30.3 Å². The minimum Gasteiger partial charge on any atom is -0.347 e. The molecule has 0 atom stereocenters. The summed E-state index contributed by atoms with van der Waals surface area (Å²) in [4.78, 5) is 28.7. The molecule has 0 saturated heterocycles. The first-order chi connectivity index (χ1) is 13.6. The highest BCUT2D eigenvalue weighted by Crippen LogP contribution is 2.29. The van der Waals surface area contributed by atoms with E-state index in [1.807, 2.05) is 41.3 Å². The molecule has 0 bridgehead atoms. The van der Waals surface area contributed by atoms with Gasteiger partial charge in [0.25, 0.3) is 11.8 Å². The fourth-order valence-electron chi connectivity index (χ4n) is 3.30. The van der Waals surface area contributed by atoms with Crippen LogP contribution in [0.25, 0.3) is 0 Å². The minimum absolute atomic E-state index is 0.00885. The zero-order chi connectivity index (χ0) is 19.5. The molecule has 1 aliphatic rings. The molecule has 0 fully saturated rings. The van der Waals surface area contributed by atoms with Crippen molar-refractivity contribution in [1.29, 1.82) is 0 Å². The molecule has 3 aromatic rings. The van der Waals surface area contributed by atoms with Gasteiger partial charge in [-0.3, -0.25) is 9.59 Å². The van der Waals surface area contributed by atoms with Gasteiger partial charge in [0.15, 0.2) is 0 Å². The van der Waals surface area contributed by atoms with Crippen LogP contribution < -0.4 is 5.32 Å². The van der Waals surface area contributed by atoms with Gasteiger partial charge in [0.05, 0.1) is 4.88 Å². The molecule has 1 aromatic heterocycles. The monoisotopic (exact) mass is 394 g/mol. The summed E-state index contributed by atoms with van der Waals surface area (Å²) in [5, 5.41) is 2.84. The van der Waals surface area contributed by atoms with E-state index in [4.69, 9.17) is 0 Å². The summed E-state index contributed by atoms with van der Waals surface area (Å²) in [5.74, 6) is -0.485. The van der Waals surface area contributed by atoms with Gasteiger partial charge in [0.2, 0.25) is 0 Å². The molecule has 1 N–H and O–H groups in total. The average molecular weight is 394 g/mol. The maximum Gasteiger partial charge on any atom is 0.261 e. The molecule has 2 amide bonds. The molecular weight excluding hydrogens is 375 g/mol. The number of nitrogens with one attached hydrogen (secondary N) is 1. The van der Waals surface area contributed by atoms with Crippen molar-refractivity contribution in [3.63, 3.8) is 0 Å². The van der Waals surface area contributed by atoms with Crippen molar-refractivity contribution < 1.29 is 14.0 Å². The van der Waals surface area contributed by atoms with Gasteiger partial charge in [-0.15, -0.1) is 11.3 Å². The SMILES string of the molecule is O=C(NCc1cccc(F)c1)c1cc2c(s1)CCN(C(=O)c1ccccc1)C2. The van der Waals surface area contributed by atoms with Gasteiger partial charge < -0.3 is 10.2 Å². The third kappa shape index (κ3) is 3.97. The third-order valence-electron chi connectivity index (χ3n) is 4.74. The summed E-state index contributed by atoms with van der Waals surface area (Å²) in [5.41, 5.74) is 2.42. The first-order valence-electron chi connectivity index (χ1n) is 9.09. The standard InChI is InChI=1S/C22H19FN2O2S/c23-18-8-4-5-15(11-18)13-24-21(26)20-12-17-14-25(10-9-19(17)28-20)22(27)16-6-2-1-3-7-16/h1-8,11-12H,9-10,13-14H2,(H,24,26). The fourth-order valence-corrected chi connectivity index (χ4v) is 4.38. The highest BCUT2D eigenvalue weighted by Gasteiger charge is 2.25. The molecule has 0 aliphatic carbocycles. The number of hydrogen-bond donors (Lipinski definition) is 1. The topological polar surface area (TPSA) is 49.4 Å². The van der Waals surface area contributed by atoms with Crippen molar-refractivity contribution in [2.45, 2.75) is 19.5 Å². The van der Waals surface area contributed by atoms with Crippen molar-refractivity contribution in [3.05, 3.63) is 92.9 Å². The molecule has 2 aromatic carbocycles. The van der Waals surface area contributed by atoms with Gasteiger partial charge in [0, 0.05) is 30.1 Å². The summed E-state index contributed by atoms with van der Waals surface area (Å²) in [6.07, 6.45) is 0.746. The Morgan fingerprint density at radius 1 is 1.07 bits per heavy atom. The Morgan fingerprint density at radius 3 is 2.68 bits per heavy atom. The quantitative estimate of drug-likeness (QED) is 0.727. The van der Waals surface area contributed by atoms with Crippen LogP contribution in [0.3, 0.4) is 0 Å². The van der Waals surface area contributed by atoms with Crippen molar-refractivity contribution in [2.75, 3.05) is 6.54 Å². The number of nitrogens with zero attached hydrogens (tertiary/aromatic N) is 1. The number of fused-ring (bicyclic) bond motifs is 1. The Balaban J connectivity index is 1.42.